The molecule has 3 aromatic carbocycles. The van der Waals surface area contributed by atoms with E-state index >= 15 is 0 Å². The van der Waals surface area contributed by atoms with Gasteiger partial charge in [-0.3, -0.25) is 4.99 Å². The Morgan fingerprint density at radius 1 is 1.11 bits per heavy atom. The van der Waals surface area contributed by atoms with E-state index in [1.807, 2.05) is 19.1 Å². The summed E-state index contributed by atoms with van der Waals surface area (Å²) in [4.78, 5) is 4.67. The highest BCUT2D eigenvalue weighted by Gasteiger charge is 2.37. The number of hydrogen-bond acceptors (Lipinski definition) is 4. The van der Waals surface area contributed by atoms with Gasteiger partial charge in [0.1, 0.15) is 6.61 Å². The summed E-state index contributed by atoms with van der Waals surface area (Å²) < 4.78 is 11.4. The van der Waals surface area contributed by atoms with E-state index in [1.165, 1.54) is 16.8 Å². The molecule has 4 nitrogen and oxygen atoms in total. The number of halogens is 1. The van der Waals surface area contributed by atoms with Crippen molar-refractivity contribution in [1.82, 2.24) is 0 Å². The van der Waals surface area contributed by atoms with Crippen LogP contribution in [0, 0.1) is 5.92 Å². The van der Waals surface area contributed by atoms with Gasteiger partial charge in [0.05, 0.1) is 23.4 Å². The van der Waals surface area contributed by atoms with Crippen molar-refractivity contribution in [3.63, 3.8) is 0 Å². The predicted octanol–water partition coefficient (Wildman–Crippen LogP) is 7.88. The van der Waals surface area contributed by atoms with Crippen LogP contribution in [-0.2, 0) is 0 Å². The molecule has 0 amide bonds. The maximum Gasteiger partial charge on any atom is 0.180 e. The van der Waals surface area contributed by atoms with Crippen LogP contribution in [0.5, 0.6) is 11.5 Å². The number of aliphatic imine (C=N–C) groups is 1. The maximum absolute atomic E-state index is 6.46. The van der Waals surface area contributed by atoms with Crippen LogP contribution in [0.4, 0.5) is 11.4 Å². The van der Waals surface area contributed by atoms with Crippen molar-refractivity contribution >= 4 is 29.2 Å². The first-order valence-corrected chi connectivity index (χ1v) is 12.4. The molecule has 1 N–H and O–H groups in total. The van der Waals surface area contributed by atoms with Gasteiger partial charge in [0, 0.05) is 17.8 Å². The first-order chi connectivity index (χ1) is 17.2. The van der Waals surface area contributed by atoms with Gasteiger partial charge in [-0.25, -0.2) is 0 Å². The Balaban J connectivity index is 1.34. The smallest absolute Gasteiger partial charge is 0.180 e. The minimum atomic E-state index is 0.276. The lowest BCUT2D eigenvalue weighted by atomic mass is 9.77. The highest BCUT2D eigenvalue weighted by Crippen LogP contribution is 2.49. The van der Waals surface area contributed by atoms with Crippen LogP contribution in [0.2, 0.25) is 5.02 Å². The van der Waals surface area contributed by atoms with Crippen LogP contribution < -0.4 is 14.8 Å². The van der Waals surface area contributed by atoms with Crippen LogP contribution in [0.15, 0.2) is 90.5 Å². The fraction of sp³-hybridized carbons (Fsp3) is 0.233. The number of ether oxygens (including phenoxy) is 2. The van der Waals surface area contributed by atoms with E-state index in [0.29, 0.717) is 41.6 Å². The third-order valence-corrected chi connectivity index (χ3v) is 6.84. The monoisotopic (exact) mass is 484 g/mol. The molecule has 0 fully saturated rings. The number of nitrogens with zero attached hydrogens (tertiary/aromatic N) is 1. The first kappa shape index (κ1) is 23.3. The average Bonchev–Trinajstić information content (AvgIpc) is 3.38. The minimum absolute atomic E-state index is 0.276. The van der Waals surface area contributed by atoms with Crippen molar-refractivity contribution in [1.29, 1.82) is 0 Å². The molecule has 1 aliphatic heterocycles. The molecule has 1 heterocycles. The molecule has 5 heteroatoms. The van der Waals surface area contributed by atoms with E-state index < -0.39 is 0 Å². The van der Waals surface area contributed by atoms with E-state index in [9.17, 15) is 0 Å². The normalized spacial score (nSPS) is 20.2. The predicted molar refractivity (Wildman–Crippen MR) is 145 cm³/mol. The van der Waals surface area contributed by atoms with Gasteiger partial charge in [0.25, 0.3) is 0 Å². The van der Waals surface area contributed by atoms with Gasteiger partial charge in [-0.15, -0.1) is 0 Å². The Hall–Kier alpha value is -3.50. The molecule has 0 unspecified atom stereocenters. The number of fused-ring (bicyclic) bond motifs is 3. The largest absolute Gasteiger partial charge is 0.490 e. The van der Waals surface area contributed by atoms with Gasteiger partial charge in [0.2, 0.25) is 0 Å². The number of rotatable bonds is 8. The lowest BCUT2D eigenvalue weighted by Crippen LogP contribution is -2.28. The van der Waals surface area contributed by atoms with Crippen molar-refractivity contribution in [3.8, 4) is 11.5 Å². The zero-order valence-corrected chi connectivity index (χ0v) is 20.5. The van der Waals surface area contributed by atoms with Gasteiger partial charge < -0.3 is 14.8 Å². The molecule has 1 aliphatic carbocycles. The molecule has 0 aromatic heterocycles. The molecule has 0 spiro atoms. The maximum atomic E-state index is 6.46. The Morgan fingerprint density at radius 3 is 2.74 bits per heavy atom. The summed E-state index contributed by atoms with van der Waals surface area (Å²) in [6.45, 7) is 6.49. The van der Waals surface area contributed by atoms with E-state index in [-0.39, 0.29) is 6.04 Å². The standard InChI is InChI=1S/C30H29ClN2O2/c1-3-16-35-30-26(31)17-20(18-28(30)34-4-2)19-32-22-14-12-21(13-15-22)29-25-10-7-9-23(25)24-8-5-6-11-27(24)33-29/h3,5-9,11-15,17-19,23,25,29,33H,1,4,10,16H2,2H3/t23-,25+,29-/m0/s1. The van der Waals surface area contributed by atoms with Crippen molar-refractivity contribution in [3.05, 3.63) is 107 Å². The molecule has 3 aromatic rings. The molecular formula is C30H29ClN2O2. The van der Waals surface area contributed by atoms with E-state index in [0.717, 1.165) is 17.7 Å². The van der Waals surface area contributed by atoms with E-state index in [4.69, 9.17) is 21.1 Å². The van der Waals surface area contributed by atoms with Gasteiger partial charge in [-0.05, 0) is 66.3 Å². The van der Waals surface area contributed by atoms with Crippen LogP contribution >= 0.6 is 11.6 Å². The van der Waals surface area contributed by atoms with Crippen molar-refractivity contribution in [2.75, 3.05) is 18.5 Å². The van der Waals surface area contributed by atoms with Gasteiger partial charge in [-0.1, -0.05) is 66.7 Å². The Kier molecular flexibility index (Phi) is 6.91. The van der Waals surface area contributed by atoms with Gasteiger partial charge in [0.15, 0.2) is 11.5 Å². The Morgan fingerprint density at radius 2 is 1.94 bits per heavy atom. The van der Waals surface area contributed by atoms with E-state index in [1.54, 1.807) is 12.3 Å². The number of anilines is 1. The highest BCUT2D eigenvalue weighted by molar-refractivity contribution is 6.32. The summed E-state index contributed by atoms with van der Waals surface area (Å²) >= 11 is 6.46. The fourth-order valence-corrected chi connectivity index (χ4v) is 5.27. The highest BCUT2D eigenvalue weighted by atomic mass is 35.5. The van der Waals surface area contributed by atoms with Crippen LogP contribution in [0.3, 0.4) is 0 Å². The molecule has 5 rings (SSSR count). The van der Waals surface area contributed by atoms with Gasteiger partial charge >= 0.3 is 0 Å². The second kappa shape index (κ2) is 10.4. The third kappa shape index (κ3) is 4.85. The van der Waals surface area contributed by atoms with Crippen molar-refractivity contribution in [2.45, 2.75) is 25.3 Å². The fourth-order valence-electron chi connectivity index (χ4n) is 5.00. The van der Waals surface area contributed by atoms with Crippen LogP contribution in [0.25, 0.3) is 0 Å². The number of allylic oxidation sites excluding steroid dienone is 2. The molecule has 0 saturated heterocycles. The van der Waals surface area contributed by atoms with Crippen molar-refractivity contribution < 1.29 is 9.47 Å². The van der Waals surface area contributed by atoms with Gasteiger partial charge in [-0.2, -0.15) is 0 Å². The molecule has 35 heavy (non-hydrogen) atoms. The molecule has 2 aliphatic rings. The molecule has 0 bridgehead atoms. The molecule has 0 saturated carbocycles. The Labute approximate surface area is 212 Å². The number of hydrogen-bond donors (Lipinski definition) is 1. The lowest BCUT2D eigenvalue weighted by Gasteiger charge is -2.37. The molecular weight excluding hydrogens is 456 g/mol. The molecule has 178 valence electrons. The lowest BCUT2D eigenvalue weighted by molar-refractivity contribution is 0.297. The third-order valence-electron chi connectivity index (χ3n) is 6.56. The molecule has 3 atom stereocenters. The second-order valence-electron chi connectivity index (χ2n) is 8.78. The topological polar surface area (TPSA) is 42.8 Å². The van der Waals surface area contributed by atoms with Crippen LogP contribution in [-0.4, -0.2) is 19.4 Å². The summed E-state index contributed by atoms with van der Waals surface area (Å²) in [5, 5.41) is 4.27. The summed E-state index contributed by atoms with van der Waals surface area (Å²) in [7, 11) is 0. The summed E-state index contributed by atoms with van der Waals surface area (Å²) in [6, 6.07) is 21.1. The number of nitrogens with one attached hydrogen (secondary N) is 1. The quantitative estimate of drug-likeness (QED) is 0.261. The SMILES string of the molecule is C=CCOc1c(Cl)cc(C=Nc2ccc([C@@H]3Nc4ccccc4[C@@H]4C=CC[C@H]43)cc2)cc1OCC. The summed E-state index contributed by atoms with van der Waals surface area (Å²) in [5.74, 6) is 2.12. The zero-order chi connectivity index (χ0) is 24.2. The van der Waals surface area contributed by atoms with Crippen LogP contribution in [0.1, 0.15) is 42.0 Å². The zero-order valence-electron chi connectivity index (χ0n) is 19.8. The number of benzene rings is 3. The first-order valence-electron chi connectivity index (χ1n) is 12.0. The Bertz CT molecular complexity index is 1270. The second-order valence-corrected chi connectivity index (χ2v) is 9.18. The van der Waals surface area contributed by atoms with E-state index in [2.05, 4.69) is 77.6 Å². The summed E-state index contributed by atoms with van der Waals surface area (Å²) in [5.41, 5.74) is 5.64. The van der Waals surface area contributed by atoms with Crippen molar-refractivity contribution in [2.24, 2.45) is 10.9 Å². The number of para-hydroxylation sites is 1. The minimum Gasteiger partial charge on any atom is -0.490 e. The average molecular weight is 485 g/mol. The molecule has 0 radical (unpaired) electrons. The summed E-state index contributed by atoms with van der Waals surface area (Å²) in [6.07, 6.45) is 9.25.